The summed E-state index contributed by atoms with van der Waals surface area (Å²) in [7, 11) is 0. The molecule has 0 N–H and O–H groups in total. The Balaban J connectivity index is 1.48. The monoisotopic (exact) mass is 383 g/mol. The van der Waals surface area contributed by atoms with Gasteiger partial charge in [0.25, 0.3) is 0 Å². The van der Waals surface area contributed by atoms with Crippen molar-refractivity contribution in [3.05, 3.63) is 30.3 Å². The molecule has 2 fully saturated rings. The van der Waals surface area contributed by atoms with Gasteiger partial charge in [-0.25, -0.2) is 0 Å². The molecule has 0 aliphatic carbocycles. The standard InChI is InChI=1S/C21H29N5O2/c22-9-6-12-26(19-7-2-1-3-8-19)21(28)18-24-15-13-23(14-16-24)17-20(27)25-10-4-5-11-25/h1-3,7-8H,4-6,10-18H2. The fraction of sp³-hybridized carbons (Fsp3) is 0.571. The molecule has 2 aliphatic rings. The van der Waals surface area contributed by atoms with Crippen LogP contribution >= 0.6 is 0 Å². The number of rotatable bonds is 7. The van der Waals surface area contributed by atoms with E-state index in [4.69, 9.17) is 5.26 Å². The van der Waals surface area contributed by atoms with Crippen molar-refractivity contribution in [2.75, 3.05) is 63.8 Å². The quantitative estimate of drug-likeness (QED) is 0.707. The highest BCUT2D eigenvalue weighted by Gasteiger charge is 2.25. The number of carbonyl (C=O) groups is 2. The zero-order chi connectivity index (χ0) is 19.8. The molecule has 2 heterocycles. The Morgan fingerprint density at radius 2 is 1.54 bits per heavy atom. The molecule has 0 bridgehead atoms. The highest BCUT2D eigenvalue weighted by molar-refractivity contribution is 5.94. The number of nitriles is 1. The lowest BCUT2D eigenvalue weighted by atomic mass is 10.2. The first-order valence-corrected chi connectivity index (χ1v) is 10.1. The lowest BCUT2D eigenvalue weighted by Gasteiger charge is -2.35. The van der Waals surface area contributed by atoms with E-state index in [0.717, 1.165) is 57.8 Å². The Bertz CT molecular complexity index is 688. The van der Waals surface area contributed by atoms with E-state index < -0.39 is 0 Å². The molecule has 28 heavy (non-hydrogen) atoms. The highest BCUT2D eigenvalue weighted by atomic mass is 16.2. The van der Waals surface area contributed by atoms with Crippen molar-refractivity contribution in [1.29, 1.82) is 5.26 Å². The highest BCUT2D eigenvalue weighted by Crippen LogP contribution is 2.15. The van der Waals surface area contributed by atoms with Gasteiger partial charge in [-0.05, 0) is 25.0 Å². The maximum atomic E-state index is 12.9. The molecule has 0 atom stereocenters. The van der Waals surface area contributed by atoms with Gasteiger partial charge in [-0.2, -0.15) is 5.26 Å². The Hall–Kier alpha value is -2.43. The van der Waals surface area contributed by atoms with Gasteiger partial charge in [-0.1, -0.05) is 18.2 Å². The molecule has 7 nitrogen and oxygen atoms in total. The van der Waals surface area contributed by atoms with Crippen LogP contribution in [0.25, 0.3) is 0 Å². The zero-order valence-electron chi connectivity index (χ0n) is 16.4. The van der Waals surface area contributed by atoms with Crippen molar-refractivity contribution in [2.24, 2.45) is 0 Å². The predicted molar refractivity (Wildman–Crippen MR) is 108 cm³/mol. The van der Waals surface area contributed by atoms with Gasteiger partial charge in [-0.15, -0.1) is 0 Å². The molecule has 1 aromatic rings. The van der Waals surface area contributed by atoms with Crippen LogP contribution in [0.4, 0.5) is 5.69 Å². The van der Waals surface area contributed by atoms with Crippen molar-refractivity contribution in [3.8, 4) is 6.07 Å². The first kappa shape index (κ1) is 20.3. The van der Waals surface area contributed by atoms with Crippen LogP contribution in [-0.4, -0.2) is 85.4 Å². The number of nitrogens with zero attached hydrogens (tertiary/aromatic N) is 5. The minimum atomic E-state index is 0.0167. The van der Waals surface area contributed by atoms with Gasteiger partial charge in [0.05, 0.1) is 25.6 Å². The molecule has 3 rings (SSSR count). The summed E-state index contributed by atoms with van der Waals surface area (Å²) in [5.74, 6) is 0.247. The Morgan fingerprint density at radius 1 is 0.929 bits per heavy atom. The molecule has 7 heteroatoms. The molecule has 2 aliphatic heterocycles. The van der Waals surface area contributed by atoms with Gasteiger partial charge in [0.1, 0.15) is 0 Å². The summed E-state index contributed by atoms with van der Waals surface area (Å²) in [6.07, 6.45) is 2.55. The SMILES string of the molecule is N#CCCN(C(=O)CN1CCN(CC(=O)N2CCCC2)CC1)c1ccccc1. The number of hydrogen-bond donors (Lipinski definition) is 0. The third-order valence-corrected chi connectivity index (χ3v) is 5.46. The summed E-state index contributed by atoms with van der Waals surface area (Å²) in [6, 6.07) is 11.6. The number of carbonyl (C=O) groups excluding carboxylic acids is 2. The number of hydrogen-bond acceptors (Lipinski definition) is 5. The average molecular weight is 383 g/mol. The summed E-state index contributed by atoms with van der Waals surface area (Å²) in [6.45, 7) is 6.18. The van der Waals surface area contributed by atoms with E-state index in [-0.39, 0.29) is 11.8 Å². The van der Waals surface area contributed by atoms with Gasteiger partial charge in [0.2, 0.25) is 11.8 Å². The molecule has 0 radical (unpaired) electrons. The van der Waals surface area contributed by atoms with Gasteiger partial charge in [0, 0.05) is 51.5 Å². The molecule has 2 saturated heterocycles. The van der Waals surface area contributed by atoms with Crippen LogP contribution in [0.1, 0.15) is 19.3 Å². The molecular formula is C21H29N5O2. The van der Waals surface area contributed by atoms with Crippen LogP contribution in [0.3, 0.4) is 0 Å². The topological polar surface area (TPSA) is 70.9 Å². The first-order chi connectivity index (χ1) is 13.7. The number of piperazine rings is 1. The van der Waals surface area contributed by atoms with Crippen molar-refractivity contribution < 1.29 is 9.59 Å². The van der Waals surface area contributed by atoms with Crippen LogP contribution < -0.4 is 4.90 Å². The Morgan fingerprint density at radius 3 is 2.14 bits per heavy atom. The van der Waals surface area contributed by atoms with Crippen molar-refractivity contribution in [2.45, 2.75) is 19.3 Å². The Kier molecular flexibility index (Phi) is 7.40. The maximum absolute atomic E-state index is 12.9. The van der Waals surface area contributed by atoms with E-state index in [1.165, 1.54) is 0 Å². The minimum absolute atomic E-state index is 0.0167. The Labute approximate surface area is 167 Å². The lowest BCUT2D eigenvalue weighted by Crippen LogP contribution is -2.52. The number of likely N-dealkylation sites (tertiary alicyclic amines) is 1. The summed E-state index contributed by atoms with van der Waals surface area (Å²) >= 11 is 0. The summed E-state index contributed by atoms with van der Waals surface area (Å²) in [5, 5.41) is 8.91. The summed E-state index contributed by atoms with van der Waals surface area (Å²) in [4.78, 5) is 33.1. The van der Waals surface area contributed by atoms with Crippen LogP contribution in [0, 0.1) is 11.3 Å². The summed E-state index contributed by atoms with van der Waals surface area (Å²) < 4.78 is 0. The van der Waals surface area contributed by atoms with Crippen molar-refractivity contribution in [1.82, 2.24) is 14.7 Å². The molecule has 2 amide bonds. The first-order valence-electron chi connectivity index (χ1n) is 10.1. The van der Waals surface area contributed by atoms with E-state index in [9.17, 15) is 9.59 Å². The molecular weight excluding hydrogens is 354 g/mol. The van der Waals surface area contributed by atoms with E-state index in [2.05, 4.69) is 15.9 Å². The van der Waals surface area contributed by atoms with Crippen LogP contribution in [0.2, 0.25) is 0 Å². The number of para-hydroxylation sites is 1. The van der Waals surface area contributed by atoms with E-state index >= 15 is 0 Å². The molecule has 0 spiro atoms. The molecule has 0 unspecified atom stereocenters. The van der Waals surface area contributed by atoms with Crippen LogP contribution in [0.5, 0.6) is 0 Å². The largest absolute Gasteiger partial charge is 0.342 e. The normalized spacial score (nSPS) is 18.0. The predicted octanol–water partition coefficient (Wildman–Crippen LogP) is 1.17. The summed E-state index contributed by atoms with van der Waals surface area (Å²) in [5.41, 5.74) is 0.831. The third kappa shape index (κ3) is 5.54. The number of benzene rings is 1. The maximum Gasteiger partial charge on any atom is 0.241 e. The van der Waals surface area contributed by atoms with Gasteiger partial charge in [-0.3, -0.25) is 19.4 Å². The smallest absolute Gasteiger partial charge is 0.241 e. The van der Waals surface area contributed by atoms with Gasteiger partial charge >= 0.3 is 0 Å². The lowest BCUT2D eigenvalue weighted by molar-refractivity contribution is -0.132. The zero-order valence-corrected chi connectivity index (χ0v) is 16.4. The average Bonchev–Trinajstić information content (AvgIpc) is 3.26. The second-order valence-electron chi connectivity index (χ2n) is 7.43. The molecule has 150 valence electrons. The van der Waals surface area contributed by atoms with Crippen LogP contribution in [0.15, 0.2) is 30.3 Å². The minimum Gasteiger partial charge on any atom is -0.342 e. The third-order valence-electron chi connectivity index (χ3n) is 5.46. The van der Waals surface area contributed by atoms with Crippen molar-refractivity contribution >= 4 is 17.5 Å². The van der Waals surface area contributed by atoms with Crippen molar-refractivity contribution in [3.63, 3.8) is 0 Å². The second kappa shape index (κ2) is 10.2. The fourth-order valence-electron chi connectivity index (χ4n) is 3.81. The van der Waals surface area contributed by atoms with Crippen LogP contribution in [-0.2, 0) is 9.59 Å². The van der Waals surface area contributed by atoms with Gasteiger partial charge < -0.3 is 9.80 Å². The number of amides is 2. The van der Waals surface area contributed by atoms with E-state index in [0.29, 0.717) is 26.1 Å². The molecule has 0 saturated carbocycles. The van der Waals surface area contributed by atoms with E-state index in [1.807, 2.05) is 35.2 Å². The van der Waals surface area contributed by atoms with Gasteiger partial charge in [0.15, 0.2) is 0 Å². The number of anilines is 1. The molecule has 1 aromatic carbocycles. The fourth-order valence-corrected chi connectivity index (χ4v) is 3.81. The second-order valence-corrected chi connectivity index (χ2v) is 7.43. The molecule has 0 aromatic heterocycles. The van der Waals surface area contributed by atoms with E-state index in [1.54, 1.807) is 4.90 Å².